The van der Waals surface area contributed by atoms with Crippen LogP contribution < -0.4 is 0 Å². The Balaban J connectivity index is 2.30. The lowest BCUT2D eigenvalue weighted by Crippen LogP contribution is -2.01. The Labute approximate surface area is 100 Å². The first-order chi connectivity index (χ1) is 8.13. The number of hydrogen-bond acceptors (Lipinski definition) is 7. The maximum absolute atomic E-state index is 11.9. The first kappa shape index (κ1) is 11.5. The number of carbonyl (C=O) groups excluding carboxylic acids is 2. The summed E-state index contributed by atoms with van der Waals surface area (Å²) in [6.45, 7) is 1.68. The Morgan fingerprint density at radius 3 is 2.65 bits per heavy atom. The molecular weight excluding hydrogens is 244 g/mol. The van der Waals surface area contributed by atoms with Crippen LogP contribution in [-0.2, 0) is 4.74 Å². The third-order valence-corrected chi connectivity index (χ3v) is 2.90. The Bertz CT molecular complexity index is 572. The van der Waals surface area contributed by atoms with Crippen LogP contribution in [0, 0.1) is 6.92 Å². The fraction of sp³-hybridized carbons (Fsp3) is 0.200. The van der Waals surface area contributed by atoms with Crippen molar-refractivity contribution >= 4 is 23.3 Å². The lowest BCUT2D eigenvalue weighted by atomic mass is 10.2. The molecule has 88 valence electrons. The highest BCUT2D eigenvalue weighted by Gasteiger charge is 2.20. The number of nitrogens with zero attached hydrogens (tertiary/aromatic N) is 2. The smallest absolute Gasteiger partial charge is 0.373 e. The SMILES string of the molecule is COC(=O)c1ccc(C(=O)c2snnc2C)o1. The Kier molecular flexibility index (Phi) is 3.01. The Morgan fingerprint density at radius 1 is 1.35 bits per heavy atom. The second kappa shape index (κ2) is 4.46. The Morgan fingerprint density at radius 2 is 2.06 bits per heavy atom. The number of rotatable bonds is 3. The van der Waals surface area contributed by atoms with Gasteiger partial charge in [0.2, 0.25) is 11.5 Å². The van der Waals surface area contributed by atoms with Crippen molar-refractivity contribution in [3.63, 3.8) is 0 Å². The van der Waals surface area contributed by atoms with E-state index in [9.17, 15) is 9.59 Å². The minimum atomic E-state index is -0.622. The van der Waals surface area contributed by atoms with E-state index in [0.29, 0.717) is 10.6 Å². The summed E-state index contributed by atoms with van der Waals surface area (Å²) in [6.07, 6.45) is 0. The highest BCUT2D eigenvalue weighted by atomic mass is 32.1. The molecule has 2 heterocycles. The number of furan rings is 1. The van der Waals surface area contributed by atoms with Crippen molar-refractivity contribution in [2.45, 2.75) is 6.92 Å². The summed E-state index contributed by atoms with van der Waals surface area (Å²) in [7, 11) is 1.24. The number of ketones is 1. The van der Waals surface area contributed by atoms with Crippen molar-refractivity contribution in [1.82, 2.24) is 9.59 Å². The lowest BCUT2D eigenvalue weighted by molar-refractivity contribution is 0.0563. The summed E-state index contributed by atoms with van der Waals surface area (Å²) >= 11 is 0.989. The van der Waals surface area contributed by atoms with Gasteiger partial charge in [0.05, 0.1) is 12.8 Å². The van der Waals surface area contributed by atoms with Crippen LogP contribution in [0.3, 0.4) is 0 Å². The molecule has 0 unspecified atom stereocenters. The molecule has 2 aromatic heterocycles. The van der Waals surface area contributed by atoms with Gasteiger partial charge < -0.3 is 9.15 Å². The number of carbonyl (C=O) groups is 2. The predicted octanol–water partition coefficient (Wildman–Crippen LogP) is 1.46. The molecule has 0 aliphatic rings. The van der Waals surface area contributed by atoms with Gasteiger partial charge in [-0.05, 0) is 30.6 Å². The molecule has 2 rings (SSSR count). The molecule has 0 atom stereocenters. The van der Waals surface area contributed by atoms with E-state index in [2.05, 4.69) is 14.3 Å². The molecular formula is C10H8N2O4S. The molecule has 0 saturated carbocycles. The van der Waals surface area contributed by atoms with Crippen molar-refractivity contribution < 1.29 is 18.7 Å². The summed E-state index contributed by atoms with van der Waals surface area (Å²) in [5, 5.41) is 3.74. The first-order valence-corrected chi connectivity index (χ1v) is 5.42. The molecule has 0 aromatic carbocycles. The molecule has 0 radical (unpaired) electrons. The first-order valence-electron chi connectivity index (χ1n) is 4.65. The number of methoxy groups -OCH3 is 1. The number of aryl methyl sites for hydroxylation is 1. The zero-order valence-corrected chi connectivity index (χ0v) is 9.91. The largest absolute Gasteiger partial charge is 0.463 e. The standard InChI is InChI=1S/C10H8N2O4S/c1-5-9(17-12-11-5)8(13)6-3-4-7(16-6)10(14)15-2/h3-4H,1-2H3. The van der Waals surface area contributed by atoms with Crippen molar-refractivity contribution in [1.29, 1.82) is 0 Å². The average Bonchev–Trinajstić information content (AvgIpc) is 2.95. The highest BCUT2D eigenvalue weighted by Crippen LogP contribution is 2.18. The second-order valence-corrected chi connectivity index (χ2v) is 3.93. The van der Waals surface area contributed by atoms with Gasteiger partial charge in [-0.25, -0.2) is 4.79 Å². The zero-order chi connectivity index (χ0) is 12.4. The average molecular weight is 252 g/mol. The molecule has 0 N–H and O–H groups in total. The van der Waals surface area contributed by atoms with Crippen LogP contribution in [0.1, 0.15) is 31.7 Å². The third kappa shape index (κ3) is 2.09. The van der Waals surface area contributed by atoms with Gasteiger partial charge in [-0.2, -0.15) is 0 Å². The maximum Gasteiger partial charge on any atom is 0.373 e. The molecule has 0 aliphatic carbocycles. The van der Waals surface area contributed by atoms with E-state index >= 15 is 0 Å². The minimum Gasteiger partial charge on any atom is -0.463 e. The summed E-state index contributed by atoms with van der Waals surface area (Å²) in [4.78, 5) is 23.5. The number of ether oxygens (including phenoxy) is 1. The van der Waals surface area contributed by atoms with Gasteiger partial charge in [0.1, 0.15) is 4.88 Å². The fourth-order valence-electron chi connectivity index (χ4n) is 1.22. The predicted molar refractivity (Wildman–Crippen MR) is 58.1 cm³/mol. The van der Waals surface area contributed by atoms with Crippen LogP contribution in [0.25, 0.3) is 0 Å². The molecule has 2 aromatic rings. The van der Waals surface area contributed by atoms with Crippen LogP contribution >= 0.6 is 11.5 Å². The molecule has 0 aliphatic heterocycles. The monoisotopic (exact) mass is 252 g/mol. The van der Waals surface area contributed by atoms with Gasteiger partial charge in [0.15, 0.2) is 5.76 Å². The van der Waals surface area contributed by atoms with Gasteiger partial charge in [0, 0.05) is 0 Å². The molecule has 0 spiro atoms. The summed E-state index contributed by atoms with van der Waals surface area (Å²) in [5.74, 6) is -0.901. The third-order valence-electron chi connectivity index (χ3n) is 2.07. The topological polar surface area (TPSA) is 82.3 Å². The molecule has 7 heteroatoms. The summed E-state index contributed by atoms with van der Waals surface area (Å²) in [6, 6.07) is 2.82. The molecule has 0 saturated heterocycles. The van der Waals surface area contributed by atoms with Gasteiger partial charge in [-0.15, -0.1) is 5.10 Å². The van der Waals surface area contributed by atoms with Crippen molar-refractivity contribution in [3.8, 4) is 0 Å². The van der Waals surface area contributed by atoms with E-state index in [0.717, 1.165) is 11.5 Å². The van der Waals surface area contributed by atoms with Crippen LogP contribution in [-0.4, -0.2) is 28.4 Å². The van der Waals surface area contributed by atoms with Gasteiger partial charge >= 0.3 is 5.97 Å². The molecule has 0 bridgehead atoms. The highest BCUT2D eigenvalue weighted by molar-refractivity contribution is 7.08. The fourth-order valence-corrected chi connectivity index (χ4v) is 1.82. The summed E-state index contributed by atoms with van der Waals surface area (Å²) < 4.78 is 13.2. The van der Waals surface area contributed by atoms with Crippen molar-refractivity contribution in [3.05, 3.63) is 34.2 Å². The number of hydrogen-bond donors (Lipinski definition) is 0. The number of aromatic nitrogens is 2. The lowest BCUT2D eigenvalue weighted by Gasteiger charge is -1.94. The second-order valence-electron chi connectivity index (χ2n) is 3.17. The maximum atomic E-state index is 11.9. The quantitative estimate of drug-likeness (QED) is 0.607. The van der Waals surface area contributed by atoms with Crippen molar-refractivity contribution in [2.75, 3.05) is 7.11 Å². The van der Waals surface area contributed by atoms with Gasteiger partial charge in [-0.3, -0.25) is 4.79 Å². The molecule has 0 amide bonds. The van der Waals surface area contributed by atoms with Gasteiger partial charge in [0.25, 0.3) is 0 Å². The normalized spacial score (nSPS) is 10.2. The van der Waals surface area contributed by atoms with Crippen LogP contribution in [0.2, 0.25) is 0 Å². The van der Waals surface area contributed by atoms with E-state index < -0.39 is 5.97 Å². The minimum absolute atomic E-state index is 0.00835. The van der Waals surface area contributed by atoms with E-state index in [4.69, 9.17) is 4.42 Å². The van der Waals surface area contributed by atoms with Crippen LogP contribution in [0.4, 0.5) is 0 Å². The Hall–Kier alpha value is -2.02. The van der Waals surface area contributed by atoms with E-state index in [1.54, 1.807) is 6.92 Å². The zero-order valence-electron chi connectivity index (χ0n) is 9.09. The van der Waals surface area contributed by atoms with E-state index in [1.807, 2.05) is 0 Å². The van der Waals surface area contributed by atoms with Crippen LogP contribution in [0.5, 0.6) is 0 Å². The molecule has 0 fully saturated rings. The molecule has 6 nitrogen and oxygen atoms in total. The van der Waals surface area contributed by atoms with E-state index in [-0.39, 0.29) is 17.3 Å². The molecule has 17 heavy (non-hydrogen) atoms. The van der Waals surface area contributed by atoms with Crippen molar-refractivity contribution in [2.24, 2.45) is 0 Å². The van der Waals surface area contributed by atoms with Gasteiger partial charge in [-0.1, -0.05) is 4.49 Å². The summed E-state index contributed by atoms with van der Waals surface area (Å²) in [5.41, 5.74) is 0.538. The van der Waals surface area contributed by atoms with E-state index in [1.165, 1.54) is 19.2 Å². The van der Waals surface area contributed by atoms with Crippen LogP contribution in [0.15, 0.2) is 16.5 Å². The number of esters is 1.